The number of nitrogens with one attached hydrogen (secondary N) is 4. The van der Waals surface area contributed by atoms with Gasteiger partial charge in [-0.05, 0) is 136 Å². The van der Waals surface area contributed by atoms with E-state index >= 15 is 0 Å². The number of carbonyl (C=O) groups excluding carboxylic acids is 4. The lowest BCUT2D eigenvalue weighted by Gasteiger charge is -2.38. The van der Waals surface area contributed by atoms with Crippen LogP contribution in [0.15, 0.2) is 102 Å². The highest BCUT2D eigenvalue weighted by Gasteiger charge is 2.45. The third-order valence-corrected chi connectivity index (χ3v) is 20.3. The summed E-state index contributed by atoms with van der Waals surface area (Å²) in [7, 11) is -2.71. The van der Waals surface area contributed by atoms with Gasteiger partial charge in [0.05, 0.1) is 39.3 Å². The number of anilines is 5. The van der Waals surface area contributed by atoms with E-state index in [4.69, 9.17) is 10.1 Å². The molecule has 2 aliphatic heterocycles. The Hall–Kier alpha value is -8.26. The smallest absolute Gasteiger partial charge is 0.284 e. The Labute approximate surface area is 519 Å². The minimum absolute atomic E-state index is 0.0451. The number of likely N-dealkylation sites (tertiary alicyclic amines) is 1. The number of aromatic nitrogens is 8. The fraction of sp³-hybridized carbons (Fsp3) is 0.413. The summed E-state index contributed by atoms with van der Waals surface area (Å²) in [6.07, 6.45) is 8.06. The molecule has 4 atom stereocenters. The summed E-state index contributed by atoms with van der Waals surface area (Å²) < 4.78 is 32.6. The fourth-order valence-electron chi connectivity index (χ4n) is 11.9. The highest BCUT2D eigenvalue weighted by Crippen LogP contribution is 2.36. The summed E-state index contributed by atoms with van der Waals surface area (Å²) in [6, 6.07) is 20.9. The second-order valence-corrected chi connectivity index (χ2v) is 27.8. The van der Waals surface area contributed by atoms with Gasteiger partial charge in [-0.1, -0.05) is 69.2 Å². The van der Waals surface area contributed by atoms with Crippen molar-refractivity contribution in [1.82, 2.24) is 60.2 Å². The highest BCUT2D eigenvalue weighted by atomic mass is 32.2. The van der Waals surface area contributed by atoms with Gasteiger partial charge in [0.1, 0.15) is 33.9 Å². The van der Waals surface area contributed by atoms with Crippen LogP contribution < -0.4 is 30.5 Å². The lowest BCUT2D eigenvalue weighted by atomic mass is 9.84. The number of aliphatic hydroxyl groups is 1. The summed E-state index contributed by atoms with van der Waals surface area (Å²) in [6.45, 7) is 14.9. The van der Waals surface area contributed by atoms with Crippen LogP contribution in [0.1, 0.15) is 112 Å². The first-order valence-corrected chi connectivity index (χ1v) is 32.9. The lowest BCUT2D eigenvalue weighted by molar-refractivity contribution is -0.144. The van der Waals surface area contributed by atoms with Gasteiger partial charge >= 0.3 is 0 Å². The number of fused-ring (bicyclic) bond motifs is 1. The van der Waals surface area contributed by atoms with E-state index < -0.39 is 51.4 Å². The van der Waals surface area contributed by atoms with Crippen molar-refractivity contribution >= 4 is 94.9 Å². The summed E-state index contributed by atoms with van der Waals surface area (Å²) in [5.41, 5.74) is 7.94. The number of rotatable bonds is 18. The number of aliphatic hydroxyl groups excluding tert-OH is 1. The molecule has 1 aliphatic carbocycles. The lowest BCUT2D eigenvalue weighted by Crippen LogP contribution is -2.59. The Balaban J connectivity index is 0.735. The van der Waals surface area contributed by atoms with E-state index in [9.17, 15) is 32.7 Å². The van der Waals surface area contributed by atoms with Crippen LogP contribution >= 0.6 is 22.7 Å². The number of sulfonamides is 1. The van der Waals surface area contributed by atoms with E-state index in [2.05, 4.69) is 50.7 Å². The number of aryl methyl sites for hydroxylation is 2. The zero-order valence-corrected chi connectivity index (χ0v) is 53.0. The number of thiazole rings is 2. The predicted molar refractivity (Wildman–Crippen MR) is 340 cm³/mol. The van der Waals surface area contributed by atoms with E-state index in [-0.39, 0.29) is 41.4 Å². The average molecular weight is 1250 g/mol. The molecule has 0 unspecified atom stereocenters. The van der Waals surface area contributed by atoms with Crippen LogP contribution in [0.2, 0.25) is 0 Å². The van der Waals surface area contributed by atoms with E-state index in [1.807, 2.05) is 101 Å². The third-order valence-electron chi connectivity index (χ3n) is 17.1. The first-order valence-electron chi connectivity index (χ1n) is 29.7. The molecule has 460 valence electrons. The van der Waals surface area contributed by atoms with Gasteiger partial charge in [-0.3, -0.25) is 23.9 Å². The summed E-state index contributed by atoms with van der Waals surface area (Å²) in [5.74, 6) is -0.755. The van der Waals surface area contributed by atoms with E-state index in [1.54, 1.807) is 59.9 Å². The maximum absolute atomic E-state index is 14.5. The van der Waals surface area contributed by atoms with Crippen molar-refractivity contribution in [2.75, 3.05) is 41.8 Å². The van der Waals surface area contributed by atoms with Crippen molar-refractivity contribution in [1.29, 1.82) is 0 Å². The van der Waals surface area contributed by atoms with Gasteiger partial charge in [-0.25, -0.2) is 33.1 Å². The Kier molecular flexibility index (Phi) is 17.8. The SMILES string of the molecule is Cc1cc(N(C)c2ccc(-c3cnn(CC4CCCC4)c3C)c(C(=O)NS(=O)(=O)c3ccc(N4CCC(C(=O)N[C@H](C(=O)N5C[C@H](O)C[C@H]5C(=O)N[C@@H](C)c5ccc(-c6scnc6C)cc5)C(C)(C)C)CC4)cc3)n2)nnc1Nc1nc2cccnc2s1. The normalized spacial score (nSPS) is 17.5. The van der Waals surface area contributed by atoms with E-state index in [1.165, 1.54) is 41.2 Å². The zero-order valence-electron chi connectivity index (χ0n) is 50.5. The standard InChI is InChI=1S/C63H73N15O7S3/c1-36-30-52(72-73-56(36)71-62-68-49-14-11-27-64-60(49)87-62)75(8)51-24-23-47(48-32-66-78(39(48)4)33-40-12-9-10-13-40)53(69-51)59(82)74-88(84,85)46-21-19-44(20-22-46)76-28-25-43(26-29-76)57(80)70-55(63(5,6)7)61(83)77-34-45(79)31-50(77)58(81)67-37(2)41-15-17-42(18-16-41)54-38(3)65-35-86-54/h11,14-24,27,30,32,35,37,40,43,45,50,55,79H,9-10,12-13,25-26,28-29,31,33-34H2,1-8H3,(H,67,81)(H,70,80)(H,74,82)(H,68,71,73)/t37-,45+,50-,55+/m0/s1. The summed E-state index contributed by atoms with van der Waals surface area (Å²) >= 11 is 2.96. The molecule has 2 aromatic carbocycles. The molecule has 88 heavy (non-hydrogen) atoms. The first-order chi connectivity index (χ1) is 42.1. The minimum Gasteiger partial charge on any atom is -0.391 e. The second kappa shape index (κ2) is 25.5. The first kappa shape index (κ1) is 61.4. The van der Waals surface area contributed by atoms with Crippen LogP contribution in [0.3, 0.4) is 0 Å². The molecule has 22 nitrogen and oxygen atoms in total. The monoisotopic (exact) mass is 1250 g/mol. The molecule has 3 aliphatic rings. The van der Waals surface area contributed by atoms with E-state index in [0.29, 0.717) is 65.6 Å². The molecule has 0 bridgehead atoms. The Morgan fingerprint density at radius 2 is 1.59 bits per heavy atom. The molecular weight excluding hydrogens is 1170 g/mol. The van der Waals surface area contributed by atoms with Crippen molar-refractivity contribution in [2.45, 2.75) is 129 Å². The minimum atomic E-state index is -4.45. The average Bonchev–Trinajstić information content (AvgIpc) is 1.81. The van der Waals surface area contributed by atoms with Gasteiger partial charge in [0, 0.05) is 74.3 Å². The van der Waals surface area contributed by atoms with Crippen molar-refractivity contribution < 1.29 is 32.7 Å². The van der Waals surface area contributed by atoms with Crippen LogP contribution in [0.25, 0.3) is 31.9 Å². The molecule has 8 aromatic rings. The molecule has 5 N–H and O–H groups in total. The second-order valence-electron chi connectivity index (χ2n) is 24.3. The summed E-state index contributed by atoms with van der Waals surface area (Å²) in [5, 5.41) is 34.4. The van der Waals surface area contributed by atoms with Crippen molar-refractivity contribution in [3.63, 3.8) is 0 Å². The number of hydrogen-bond acceptors (Lipinski definition) is 19. The van der Waals surface area contributed by atoms with Crippen molar-refractivity contribution in [3.05, 3.63) is 125 Å². The molecular formula is C63H73N15O7S3. The number of β-amino-alcohol motifs (C(OH)–C–C–N with tert-alkyl or cyclic N) is 1. The third kappa shape index (κ3) is 13.3. The molecule has 0 radical (unpaired) electrons. The molecule has 2 saturated heterocycles. The van der Waals surface area contributed by atoms with Crippen molar-refractivity contribution in [3.8, 4) is 21.6 Å². The highest BCUT2D eigenvalue weighted by molar-refractivity contribution is 7.90. The summed E-state index contributed by atoms with van der Waals surface area (Å²) in [4.78, 5) is 82.0. The number of amides is 4. The maximum atomic E-state index is 14.5. The quantitative estimate of drug-likeness (QED) is 0.0535. The molecule has 3 fully saturated rings. The molecule has 0 spiro atoms. The van der Waals surface area contributed by atoms with Crippen LogP contribution in [0, 0.1) is 38.0 Å². The Bertz CT molecular complexity index is 3970. The number of carbonyl (C=O) groups is 4. The van der Waals surface area contributed by atoms with Crippen LogP contribution in [-0.2, 0) is 31.0 Å². The van der Waals surface area contributed by atoms with Gasteiger partial charge in [-0.15, -0.1) is 21.5 Å². The van der Waals surface area contributed by atoms with Crippen LogP contribution in [0.4, 0.5) is 28.3 Å². The van der Waals surface area contributed by atoms with Gasteiger partial charge in [-0.2, -0.15) is 5.10 Å². The van der Waals surface area contributed by atoms with Gasteiger partial charge < -0.3 is 35.8 Å². The van der Waals surface area contributed by atoms with Crippen LogP contribution in [0.5, 0.6) is 0 Å². The van der Waals surface area contributed by atoms with Gasteiger partial charge in [0.2, 0.25) is 17.7 Å². The number of benzene rings is 2. The molecule has 1 saturated carbocycles. The molecule has 11 rings (SSSR count). The zero-order chi connectivity index (χ0) is 62.2. The molecule has 8 heterocycles. The van der Waals surface area contributed by atoms with Gasteiger partial charge in [0.15, 0.2) is 16.8 Å². The van der Waals surface area contributed by atoms with Gasteiger partial charge in [0.25, 0.3) is 15.9 Å². The molecule has 4 amide bonds. The van der Waals surface area contributed by atoms with Crippen molar-refractivity contribution in [2.24, 2.45) is 17.3 Å². The maximum Gasteiger partial charge on any atom is 0.284 e. The van der Waals surface area contributed by atoms with E-state index in [0.717, 1.165) is 68.4 Å². The Morgan fingerprint density at radius 3 is 2.27 bits per heavy atom. The molecule has 25 heteroatoms. The number of hydrogen-bond donors (Lipinski definition) is 5. The number of pyridine rings is 2. The molecule has 6 aromatic heterocycles. The predicted octanol–water partition coefficient (Wildman–Crippen LogP) is 9.20. The van der Waals surface area contributed by atoms with Crippen LogP contribution in [-0.4, -0.2) is 127 Å². The fourth-order valence-corrected chi connectivity index (χ4v) is 14.5. The largest absolute Gasteiger partial charge is 0.391 e. The Morgan fingerprint density at radius 1 is 0.852 bits per heavy atom. The number of nitrogens with zero attached hydrogens (tertiary/aromatic N) is 11. The number of piperidine rings is 1. The topological polar surface area (TPSA) is 276 Å².